The lowest BCUT2D eigenvalue weighted by molar-refractivity contribution is 0.102. The van der Waals surface area contributed by atoms with Gasteiger partial charge in [0.15, 0.2) is 0 Å². The van der Waals surface area contributed by atoms with E-state index in [1.54, 1.807) is 23.7 Å². The van der Waals surface area contributed by atoms with Gasteiger partial charge in [0.25, 0.3) is 5.91 Å². The summed E-state index contributed by atoms with van der Waals surface area (Å²) < 4.78 is 6.21. The second-order valence-electron chi connectivity index (χ2n) is 4.41. The first-order valence-electron chi connectivity index (χ1n) is 6.26. The standard InChI is InChI=1S/C15H13N3O2S/c1-20-12-4-2-3-10(16)14(12)15(19)18-9-5-6-11-13(7-9)21-8-17-11/h2-8H,16H2,1H3,(H,18,19). The Kier molecular flexibility index (Phi) is 3.45. The van der Waals surface area contributed by atoms with Crippen LogP contribution in [0, 0.1) is 0 Å². The van der Waals surface area contributed by atoms with Crippen molar-refractivity contribution in [1.82, 2.24) is 4.98 Å². The summed E-state index contributed by atoms with van der Waals surface area (Å²) in [6, 6.07) is 10.7. The average molecular weight is 299 g/mol. The van der Waals surface area contributed by atoms with Crippen LogP contribution in [0.2, 0.25) is 0 Å². The van der Waals surface area contributed by atoms with Gasteiger partial charge < -0.3 is 15.8 Å². The van der Waals surface area contributed by atoms with Crippen molar-refractivity contribution in [2.24, 2.45) is 0 Å². The number of nitrogen functional groups attached to an aromatic ring is 1. The Morgan fingerprint density at radius 3 is 3.00 bits per heavy atom. The van der Waals surface area contributed by atoms with Gasteiger partial charge in [0.1, 0.15) is 11.3 Å². The van der Waals surface area contributed by atoms with Crippen LogP contribution in [0.25, 0.3) is 10.2 Å². The van der Waals surface area contributed by atoms with Gasteiger partial charge in [-0.3, -0.25) is 4.79 Å². The first-order chi connectivity index (χ1) is 10.2. The zero-order valence-corrected chi connectivity index (χ0v) is 12.1. The minimum absolute atomic E-state index is 0.297. The van der Waals surface area contributed by atoms with Crippen molar-refractivity contribution in [3.63, 3.8) is 0 Å². The molecule has 1 aromatic heterocycles. The van der Waals surface area contributed by atoms with E-state index in [2.05, 4.69) is 10.3 Å². The fourth-order valence-corrected chi connectivity index (χ4v) is 2.80. The molecule has 1 amide bonds. The van der Waals surface area contributed by atoms with E-state index in [1.807, 2.05) is 18.2 Å². The van der Waals surface area contributed by atoms with Crippen molar-refractivity contribution >= 4 is 38.8 Å². The highest BCUT2D eigenvalue weighted by atomic mass is 32.1. The van der Waals surface area contributed by atoms with E-state index in [4.69, 9.17) is 10.5 Å². The molecule has 3 rings (SSSR count). The number of methoxy groups -OCH3 is 1. The molecule has 3 N–H and O–H groups in total. The summed E-state index contributed by atoms with van der Waals surface area (Å²) in [5.41, 5.74) is 9.97. The third kappa shape index (κ3) is 2.53. The first kappa shape index (κ1) is 13.4. The molecule has 0 aliphatic carbocycles. The van der Waals surface area contributed by atoms with Gasteiger partial charge in [-0.25, -0.2) is 4.98 Å². The normalized spacial score (nSPS) is 10.5. The van der Waals surface area contributed by atoms with Gasteiger partial charge in [0.05, 0.1) is 22.8 Å². The molecule has 0 radical (unpaired) electrons. The number of nitrogens with one attached hydrogen (secondary N) is 1. The minimum atomic E-state index is -0.297. The molecule has 3 aromatic rings. The van der Waals surface area contributed by atoms with Gasteiger partial charge in [-0.1, -0.05) is 6.07 Å². The monoisotopic (exact) mass is 299 g/mol. The lowest BCUT2D eigenvalue weighted by Crippen LogP contribution is -2.15. The topological polar surface area (TPSA) is 77.2 Å². The summed E-state index contributed by atoms with van der Waals surface area (Å²) in [6.45, 7) is 0. The summed E-state index contributed by atoms with van der Waals surface area (Å²) >= 11 is 1.52. The van der Waals surface area contributed by atoms with Gasteiger partial charge in [0.2, 0.25) is 0 Å². The molecule has 0 saturated carbocycles. The molecule has 106 valence electrons. The van der Waals surface area contributed by atoms with Crippen LogP contribution in [0.15, 0.2) is 41.9 Å². The quantitative estimate of drug-likeness (QED) is 0.728. The number of hydrogen-bond acceptors (Lipinski definition) is 5. The number of carbonyl (C=O) groups is 1. The number of hydrogen-bond donors (Lipinski definition) is 2. The van der Waals surface area contributed by atoms with Crippen LogP contribution < -0.4 is 15.8 Å². The highest BCUT2D eigenvalue weighted by Crippen LogP contribution is 2.26. The van der Waals surface area contributed by atoms with Crippen LogP contribution in [0.4, 0.5) is 11.4 Å². The number of aromatic nitrogens is 1. The first-order valence-corrected chi connectivity index (χ1v) is 7.14. The van der Waals surface area contributed by atoms with Crippen molar-refractivity contribution in [1.29, 1.82) is 0 Å². The van der Waals surface area contributed by atoms with E-state index >= 15 is 0 Å². The van der Waals surface area contributed by atoms with Crippen molar-refractivity contribution in [2.45, 2.75) is 0 Å². The maximum atomic E-state index is 12.4. The van der Waals surface area contributed by atoms with Crippen LogP contribution in [-0.2, 0) is 0 Å². The molecule has 0 bridgehead atoms. The van der Waals surface area contributed by atoms with E-state index in [1.165, 1.54) is 18.4 Å². The number of amides is 1. The van der Waals surface area contributed by atoms with Crippen molar-refractivity contribution < 1.29 is 9.53 Å². The zero-order valence-electron chi connectivity index (χ0n) is 11.3. The predicted molar refractivity (Wildman–Crippen MR) is 85.0 cm³/mol. The molecule has 0 aliphatic rings. The summed E-state index contributed by atoms with van der Waals surface area (Å²) in [5.74, 6) is 0.153. The molecule has 6 heteroatoms. The number of carbonyl (C=O) groups excluding carboxylic acids is 1. The van der Waals surface area contributed by atoms with Gasteiger partial charge >= 0.3 is 0 Å². The van der Waals surface area contributed by atoms with Gasteiger partial charge in [-0.2, -0.15) is 0 Å². The maximum absolute atomic E-state index is 12.4. The molecule has 5 nitrogen and oxygen atoms in total. The van der Waals surface area contributed by atoms with Crippen molar-refractivity contribution in [3.8, 4) is 5.75 Å². The SMILES string of the molecule is COc1cccc(N)c1C(=O)Nc1ccc2ncsc2c1. The Morgan fingerprint density at radius 1 is 1.33 bits per heavy atom. The van der Waals surface area contributed by atoms with E-state index in [9.17, 15) is 4.79 Å². The number of nitrogens with two attached hydrogens (primary N) is 1. The molecule has 0 atom stereocenters. The summed E-state index contributed by atoms with van der Waals surface area (Å²) in [4.78, 5) is 16.6. The van der Waals surface area contributed by atoms with E-state index in [-0.39, 0.29) is 5.91 Å². The number of thiazole rings is 1. The highest BCUT2D eigenvalue weighted by Gasteiger charge is 2.16. The van der Waals surface area contributed by atoms with Crippen LogP contribution in [0.3, 0.4) is 0 Å². The maximum Gasteiger partial charge on any atom is 0.261 e. The molecule has 0 aliphatic heterocycles. The van der Waals surface area contributed by atoms with Crippen LogP contribution in [0.5, 0.6) is 5.75 Å². The second kappa shape index (κ2) is 5.41. The van der Waals surface area contributed by atoms with Gasteiger partial charge in [0, 0.05) is 11.4 Å². The summed E-state index contributed by atoms with van der Waals surface area (Å²) in [7, 11) is 1.51. The molecule has 0 fully saturated rings. The Balaban J connectivity index is 1.92. The number of benzene rings is 2. The average Bonchev–Trinajstić information content (AvgIpc) is 2.94. The molecule has 21 heavy (non-hydrogen) atoms. The largest absolute Gasteiger partial charge is 0.496 e. The van der Waals surface area contributed by atoms with E-state index in [0.29, 0.717) is 22.7 Å². The lowest BCUT2D eigenvalue weighted by Gasteiger charge is -2.11. The molecule has 0 saturated heterocycles. The summed E-state index contributed by atoms with van der Waals surface area (Å²) in [6.07, 6.45) is 0. The smallest absolute Gasteiger partial charge is 0.261 e. The molecule has 1 heterocycles. The fraction of sp³-hybridized carbons (Fsp3) is 0.0667. The van der Waals surface area contributed by atoms with Crippen molar-refractivity contribution in [2.75, 3.05) is 18.2 Å². The Bertz CT molecular complexity index is 814. The third-order valence-electron chi connectivity index (χ3n) is 3.09. The van der Waals surface area contributed by atoms with Crippen LogP contribution in [-0.4, -0.2) is 18.0 Å². The van der Waals surface area contributed by atoms with E-state index < -0.39 is 0 Å². The molecule has 2 aromatic carbocycles. The number of anilines is 2. The minimum Gasteiger partial charge on any atom is -0.496 e. The summed E-state index contributed by atoms with van der Waals surface area (Å²) in [5, 5.41) is 2.84. The number of nitrogens with zero attached hydrogens (tertiary/aromatic N) is 1. The number of ether oxygens (including phenoxy) is 1. The van der Waals surface area contributed by atoms with Gasteiger partial charge in [-0.05, 0) is 30.3 Å². The van der Waals surface area contributed by atoms with Crippen molar-refractivity contribution in [3.05, 3.63) is 47.5 Å². The molecular formula is C15H13N3O2S. The Labute approximate surface area is 125 Å². The second-order valence-corrected chi connectivity index (χ2v) is 5.30. The van der Waals surface area contributed by atoms with Crippen LogP contribution >= 0.6 is 11.3 Å². The van der Waals surface area contributed by atoms with Gasteiger partial charge in [-0.15, -0.1) is 11.3 Å². The highest BCUT2D eigenvalue weighted by molar-refractivity contribution is 7.16. The van der Waals surface area contributed by atoms with Crippen LogP contribution in [0.1, 0.15) is 10.4 Å². The number of rotatable bonds is 3. The van der Waals surface area contributed by atoms with E-state index in [0.717, 1.165) is 10.2 Å². The number of fused-ring (bicyclic) bond motifs is 1. The Morgan fingerprint density at radius 2 is 2.19 bits per heavy atom. The zero-order chi connectivity index (χ0) is 14.8. The molecule has 0 unspecified atom stereocenters. The molecule has 0 spiro atoms. The Hall–Kier alpha value is -2.60. The third-order valence-corrected chi connectivity index (χ3v) is 3.89. The lowest BCUT2D eigenvalue weighted by atomic mass is 10.1. The molecular weight excluding hydrogens is 286 g/mol. The predicted octanol–water partition coefficient (Wildman–Crippen LogP) is 3.14. The fourth-order valence-electron chi connectivity index (χ4n) is 2.09.